The van der Waals surface area contributed by atoms with Crippen LogP contribution in [-0.2, 0) is 12.3 Å². The van der Waals surface area contributed by atoms with Crippen molar-refractivity contribution in [3.63, 3.8) is 0 Å². The van der Waals surface area contributed by atoms with Crippen molar-refractivity contribution in [3.8, 4) is 0 Å². The fourth-order valence-corrected chi connectivity index (χ4v) is 1.88. The molecule has 84 valence electrons. The molecule has 0 amide bonds. The number of thioether (sulfide) groups is 1. The van der Waals surface area contributed by atoms with E-state index < -0.39 is 0 Å². The van der Waals surface area contributed by atoms with E-state index in [1.165, 1.54) is 11.8 Å². The van der Waals surface area contributed by atoms with Crippen molar-refractivity contribution in [1.82, 2.24) is 15.2 Å². The number of nitrogens with two attached hydrogens (primary N) is 1. The minimum absolute atomic E-state index is 0.274. The average molecular weight is 236 g/mol. The molecule has 0 radical (unpaired) electrons. The van der Waals surface area contributed by atoms with E-state index in [1.807, 2.05) is 25.1 Å². The summed E-state index contributed by atoms with van der Waals surface area (Å²) in [6.07, 6.45) is 0. The first-order chi connectivity index (χ1) is 7.78. The summed E-state index contributed by atoms with van der Waals surface area (Å²) in [5.74, 6) is 1.17. The zero-order valence-electron chi connectivity index (χ0n) is 8.88. The molecule has 0 atom stereocenters. The van der Waals surface area contributed by atoms with Gasteiger partial charge in [-0.05, 0) is 19.1 Å². The van der Waals surface area contributed by atoms with Crippen LogP contribution in [-0.4, -0.2) is 15.2 Å². The maximum atomic E-state index is 5.37. The van der Waals surface area contributed by atoms with Crippen molar-refractivity contribution in [1.29, 1.82) is 0 Å². The summed E-state index contributed by atoms with van der Waals surface area (Å²) < 4.78 is 5.27. The van der Waals surface area contributed by atoms with E-state index in [1.54, 1.807) is 0 Å². The number of hydrogen-bond donors (Lipinski definition) is 1. The lowest BCUT2D eigenvalue weighted by Gasteiger charge is -1.98. The lowest BCUT2D eigenvalue weighted by molar-refractivity contribution is 0.414. The van der Waals surface area contributed by atoms with Gasteiger partial charge in [-0.3, -0.25) is 4.98 Å². The molecule has 0 unspecified atom stereocenters. The van der Waals surface area contributed by atoms with Crippen LogP contribution in [0, 0.1) is 6.92 Å². The van der Waals surface area contributed by atoms with Crippen molar-refractivity contribution in [2.24, 2.45) is 5.73 Å². The lowest BCUT2D eigenvalue weighted by atomic mass is 10.3. The molecular formula is C10H12N4OS. The molecule has 16 heavy (non-hydrogen) atoms. The molecule has 0 aliphatic rings. The molecule has 0 aromatic carbocycles. The molecule has 0 aliphatic carbocycles. The SMILES string of the molecule is Cc1cccc(CSc2nnc(CN)o2)n1. The minimum Gasteiger partial charge on any atom is -0.415 e. The van der Waals surface area contributed by atoms with Gasteiger partial charge < -0.3 is 10.2 Å². The summed E-state index contributed by atoms with van der Waals surface area (Å²) in [6, 6.07) is 5.92. The Bertz CT molecular complexity index is 471. The molecule has 0 aliphatic heterocycles. The summed E-state index contributed by atoms with van der Waals surface area (Å²) in [7, 11) is 0. The molecule has 0 spiro atoms. The largest absolute Gasteiger partial charge is 0.415 e. The number of aromatic nitrogens is 3. The smallest absolute Gasteiger partial charge is 0.277 e. The highest BCUT2D eigenvalue weighted by atomic mass is 32.2. The third-order valence-electron chi connectivity index (χ3n) is 1.91. The van der Waals surface area contributed by atoms with Crippen LogP contribution in [0.2, 0.25) is 0 Å². The Balaban J connectivity index is 1.96. The van der Waals surface area contributed by atoms with E-state index >= 15 is 0 Å². The molecule has 6 heteroatoms. The zero-order chi connectivity index (χ0) is 11.4. The number of rotatable bonds is 4. The van der Waals surface area contributed by atoms with Crippen molar-refractivity contribution in [2.45, 2.75) is 24.4 Å². The summed E-state index contributed by atoms with van der Waals surface area (Å²) >= 11 is 1.46. The molecule has 2 heterocycles. The quantitative estimate of drug-likeness (QED) is 0.811. The first kappa shape index (κ1) is 11.1. The monoisotopic (exact) mass is 236 g/mol. The van der Waals surface area contributed by atoms with Gasteiger partial charge in [0, 0.05) is 11.4 Å². The summed E-state index contributed by atoms with van der Waals surface area (Å²) in [5, 5.41) is 8.18. The first-order valence-electron chi connectivity index (χ1n) is 4.85. The van der Waals surface area contributed by atoms with Crippen LogP contribution < -0.4 is 5.73 Å². The van der Waals surface area contributed by atoms with Crippen LogP contribution in [0.25, 0.3) is 0 Å². The Kier molecular flexibility index (Phi) is 3.53. The molecule has 0 saturated carbocycles. The predicted molar refractivity (Wildman–Crippen MR) is 60.7 cm³/mol. The molecule has 0 fully saturated rings. The molecule has 2 N–H and O–H groups in total. The molecule has 0 saturated heterocycles. The Labute approximate surface area is 97.5 Å². The van der Waals surface area contributed by atoms with Crippen molar-refractivity contribution in [2.75, 3.05) is 0 Å². The lowest BCUT2D eigenvalue weighted by Crippen LogP contribution is -1.95. The third kappa shape index (κ3) is 2.80. The van der Waals surface area contributed by atoms with Crippen LogP contribution >= 0.6 is 11.8 Å². The number of nitrogens with zero attached hydrogens (tertiary/aromatic N) is 3. The van der Waals surface area contributed by atoms with Gasteiger partial charge in [0.05, 0.1) is 12.2 Å². The van der Waals surface area contributed by atoms with E-state index in [9.17, 15) is 0 Å². The molecule has 2 aromatic heterocycles. The van der Waals surface area contributed by atoms with Gasteiger partial charge in [0.2, 0.25) is 5.89 Å². The average Bonchev–Trinajstić information content (AvgIpc) is 2.74. The summed E-state index contributed by atoms with van der Waals surface area (Å²) in [6.45, 7) is 2.24. The molecule has 2 rings (SSSR count). The van der Waals surface area contributed by atoms with Gasteiger partial charge in [0.25, 0.3) is 5.22 Å². The second-order valence-corrected chi connectivity index (χ2v) is 4.15. The van der Waals surface area contributed by atoms with Crippen LogP contribution in [0.3, 0.4) is 0 Å². The topological polar surface area (TPSA) is 77.8 Å². The van der Waals surface area contributed by atoms with Gasteiger partial charge >= 0.3 is 0 Å². The highest BCUT2D eigenvalue weighted by Crippen LogP contribution is 2.20. The van der Waals surface area contributed by atoms with Gasteiger partial charge in [-0.1, -0.05) is 17.8 Å². The van der Waals surface area contributed by atoms with Crippen LogP contribution in [0.15, 0.2) is 27.8 Å². The molecule has 5 nitrogen and oxygen atoms in total. The van der Waals surface area contributed by atoms with E-state index in [2.05, 4.69) is 15.2 Å². The first-order valence-corrected chi connectivity index (χ1v) is 5.84. The Morgan fingerprint density at radius 3 is 2.94 bits per heavy atom. The fourth-order valence-electron chi connectivity index (χ4n) is 1.19. The Morgan fingerprint density at radius 1 is 1.38 bits per heavy atom. The highest BCUT2D eigenvalue weighted by molar-refractivity contribution is 7.98. The van der Waals surface area contributed by atoms with Crippen molar-refractivity contribution in [3.05, 3.63) is 35.5 Å². The highest BCUT2D eigenvalue weighted by Gasteiger charge is 2.05. The standard InChI is InChI=1S/C10H12N4OS/c1-7-3-2-4-8(12-7)6-16-10-14-13-9(5-11)15-10/h2-4H,5-6,11H2,1H3. The van der Waals surface area contributed by atoms with Crippen LogP contribution in [0.4, 0.5) is 0 Å². The maximum Gasteiger partial charge on any atom is 0.277 e. The zero-order valence-corrected chi connectivity index (χ0v) is 9.70. The van der Waals surface area contributed by atoms with Gasteiger partial charge in [-0.25, -0.2) is 0 Å². The Hall–Kier alpha value is -1.40. The normalized spacial score (nSPS) is 10.6. The van der Waals surface area contributed by atoms with Crippen LogP contribution in [0.5, 0.6) is 0 Å². The third-order valence-corrected chi connectivity index (χ3v) is 2.76. The fraction of sp³-hybridized carbons (Fsp3) is 0.300. The minimum atomic E-state index is 0.274. The van der Waals surface area contributed by atoms with Crippen LogP contribution in [0.1, 0.15) is 17.3 Å². The number of pyridine rings is 1. The number of hydrogen-bond acceptors (Lipinski definition) is 6. The molecular weight excluding hydrogens is 224 g/mol. The summed E-state index contributed by atoms with van der Waals surface area (Å²) in [4.78, 5) is 4.38. The predicted octanol–water partition coefficient (Wildman–Crippen LogP) is 1.52. The molecule has 0 bridgehead atoms. The second-order valence-electron chi connectivity index (χ2n) is 3.22. The number of aryl methyl sites for hydroxylation is 1. The van der Waals surface area contributed by atoms with E-state index in [0.717, 1.165) is 11.4 Å². The second kappa shape index (κ2) is 5.09. The Morgan fingerprint density at radius 2 is 2.25 bits per heavy atom. The van der Waals surface area contributed by atoms with Gasteiger partial charge in [-0.15, -0.1) is 10.2 Å². The van der Waals surface area contributed by atoms with E-state index in [-0.39, 0.29) is 6.54 Å². The van der Waals surface area contributed by atoms with E-state index in [4.69, 9.17) is 10.2 Å². The maximum absolute atomic E-state index is 5.37. The summed E-state index contributed by atoms with van der Waals surface area (Å²) in [5.41, 5.74) is 7.38. The molecule has 2 aromatic rings. The van der Waals surface area contributed by atoms with Crippen molar-refractivity contribution < 1.29 is 4.42 Å². The van der Waals surface area contributed by atoms with Gasteiger partial charge in [0.15, 0.2) is 0 Å². The van der Waals surface area contributed by atoms with Crippen molar-refractivity contribution >= 4 is 11.8 Å². The van der Waals surface area contributed by atoms with E-state index in [0.29, 0.717) is 16.9 Å². The van der Waals surface area contributed by atoms with Gasteiger partial charge in [0.1, 0.15) is 0 Å². The van der Waals surface area contributed by atoms with Gasteiger partial charge in [-0.2, -0.15) is 0 Å².